The zero-order valence-electron chi connectivity index (χ0n) is 10.2. The second kappa shape index (κ2) is 5.17. The smallest absolute Gasteiger partial charge is 0.163 e. The molecule has 0 aromatic heterocycles. The number of aryl methyl sites for hydroxylation is 1. The van der Waals surface area contributed by atoms with Crippen molar-refractivity contribution < 1.29 is 9.53 Å². The van der Waals surface area contributed by atoms with Gasteiger partial charge in [-0.3, -0.25) is 4.79 Å². The molecule has 0 bridgehead atoms. The quantitative estimate of drug-likeness (QED) is 0.741. The molecule has 17 heavy (non-hydrogen) atoms. The molecule has 2 nitrogen and oxygen atoms in total. The Morgan fingerprint density at radius 3 is 3.06 bits per heavy atom. The Kier molecular flexibility index (Phi) is 3.62. The Balaban J connectivity index is 2.12. The van der Waals surface area contributed by atoms with Crippen LogP contribution in [-0.4, -0.2) is 12.4 Å². The minimum absolute atomic E-state index is 0.244. The van der Waals surface area contributed by atoms with Crippen LogP contribution < -0.4 is 4.74 Å². The molecule has 0 heterocycles. The van der Waals surface area contributed by atoms with E-state index >= 15 is 0 Å². The van der Waals surface area contributed by atoms with E-state index in [4.69, 9.17) is 4.74 Å². The number of ketones is 1. The molecule has 1 aromatic carbocycles. The third-order valence-corrected chi connectivity index (χ3v) is 3.15. The summed E-state index contributed by atoms with van der Waals surface area (Å²) in [7, 11) is 0. The van der Waals surface area contributed by atoms with Crippen molar-refractivity contribution in [2.45, 2.75) is 26.2 Å². The first-order chi connectivity index (χ1) is 8.20. The summed E-state index contributed by atoms with van der Waals surface area (Å²) in [4.78, 5) is 11.8. The van der Waals surface area contributed by atoms with Gasteiger partial charge in [0.1, 0.15) is 5.75 Å². The van der Waals surface area contributed by atoms with E-state index in [1.165, 1.54) is 0 Å². The number of fused-ring (bicyclic) bond motifs is 1. The average molecular weight is 230 g/mol. The molecule has 90 valence electrons. The van der Waals surface area contributed by atoms with Gasteiger partial charge in [0.15, 0.2) is 5.78 Å². The summed E-state index contributed by atoms with van der Waals surface area (Å²) < 4.78 is 5.65. The Labute approximate surface area is 102 Å². The van der Waals surface area contributed by atoms with Gasteiger partial charge in [-0.2, -0.15) is 0 Å². The van der Waals surface area contributed by atoms with Crippen LogP contribution in [0, 0.1) is 5.92 Å². The Hall–Kier alpha value is -1.57. The first-order valence-corrected chi connectivity index (χ1v) is 6.12. The maximum absolute atomic E-state index is 11.8. The van der Waals surface area contributed by atoms with Crippen molar-refractivity contribution in [3.63, 3.8) is 0 Å². The van der Waals surface area contributed by atoms with Crippen molar-refractivity contribution >= 4 is 5.78 Å². The fraction of sp³-hybridized carbons (Fsp3) is 0.400. The molecule has 0 aliphatic heterocycles. The van der Waals surface area contributed by atoms with E-state index in [1.54, 1.807) is 0 Å². The number of hydrogen-bond donors (Lipinski definition) is 0. The lowest BCUT2D eigenvalue weighted by atomic mass is 9.90. The molecule has 0 N–H and O–H groups in total. The molecule has 1 aliphatic rings. The second-order valence-corrected chi connectivity index (χ2v) is 4.62. The highest BCUT2D eigenvalue weighted by molar-refractivity contribution is 5.98. The molecule has 0 spiro atoms. The Morgan fingerprint density at radius 2 is 2.29 bits per heavy atom. The number of ether oxygens (including phenoxy) is 1. The highest BCUT2D eigenvalue weighted by Gasteiger charge is 2.17. The molecular formula is C15H18O2. The molecule has 1 aliphatic carbocycles. The highest BCUT2D eigenvalue weighted by atomic mass is 16.5. The zero-order chi connectivity index (χ0) is 12.3. The van der Waals surface area contributed by atoms with Crippen LogP contribution in [0.25, 0.3) is 0 Å². The number of Topliss-reactive ketones (excluding diaryl/α,β-unsaturated/α-hetero) is 1. The van der Waals surface area contributed by atoms with Gasteiger partial charge in [0.25, 0.3) is 0 Å². The molecule has 0 saturated heterocycles. The van der Waals surface area contributed by atoms with Gasteiger partial charge in [0.2, 0.25) is 0 Å². The number of carbonyl (C=O) groups excluding carboxylic acids is 1. The summed E-state index contributed by atoms with van der Waals surface area (Å²) in [5.74, 6) is 1.35. The van der Waals surface area contributed by atoms with Gasteiger partial charge in [-0.1, -0.05) is 19.1 Å². The largest absolute Gasteiger partial charge is 0.493 e. The fourth-order valence-electron chi connectivity index (χ4n) is 1.99. The molecular weight excluding hydrogens is 212 g/mol. The third-order valence-electron chi connectivity index (χ3n) is 3.15. The van der Waals surface area contributed by atoms with Crippen LogP contribution in [0.5, 0.6) is 5.75 Å². The number of hydrogen-bond acceptors (Lipinski definition) is 2. The topological polar surface area (TPSA) is 26.3 Å². The van der Waals surface area contributed by atoms with Gasteiger partial charge in [-0.05, 0) is 30.5 Å². The summed E-state index contributed by atoms with van der Waals surface area (Å²) in [6, 6.07) is 5.85. The number of rotatable bonds is 4. The van der Waals surface area contributed by atoms with Crippen LogP contribution in [0.1, 0.15) is 35.7 Å². The first kappa shape index (κ1) is 11.9. The molecule has 0 saturated carbocycles. The molecule has 0 fully saturated rings. The SMILES string of the molecule is C=CC(C)COc1ccc2c(c1)C(=O)CCC2. The summed E-state index contributed by atoms with van der Waals surface area (Å²) in [5.41, 5.74) is 2.00. The minimum atomic E-state index is 0.244. The van der Waals surface area contributed by atoms with Gasteiger partial charge in [0, 0.05) is 17.9 Å². The lowest BCUT2D eigenvalue weighted by Crippen LogP contribution is -2.12. The van der Waals surface area contributed by atoms with Crippen molar-refractivity contribution in [3.05, 3.63) is 42.0 Å². The lowest BCUT2D eigenvalue weighted by Gasteiger charge is -2.16. The standard InChI is InChI=1S/C15H18O2/c1-3-11(2)10-17-13-8-7-12-5-4-6-15(16)14(12)9-13/h3,7-9,11H,1,4-6,10H2,2H3. The summed E-state index contributed by atoms with van der Waals surface area (Å²) >= 11 is 0. The Bertz CT molecular complexity index is 435. The molecule has 1 unspecified atom stereocenters. The highest BCUT2D eigenvalue weighted by Crippen LogP contribution is 2.25. The predicted octanol–water partition coefficient (Wildman–Crippen LogP) is 3.41. The van der Waals surface area contributed by atoms with Gasteiger partial charge < -0.3 is 4.74 Å². The van der Waals surface area contributed by atoms with Crippen molar-refractivity contribution in [1.82, 2.24) is 0 Å². The lowest BCUT2D eigenvalue weighted by molar-refractivity contribution is 0.0972. The second-order valence-electron chi connectivity index (χ2n) is 4.62. The molecule has 0 radical (unpaired) electrons. The number of benzene rings is 1. The molecule has 1 atom stereocenters. The summed E-state index contributed by atoms with van der Waals surface area (Å²) in [5, 5.41) is 0. The van der Waals surface area contributed by atoms with E-state index < -0.39 is 0 Å². The van der Waals surface area contributed by atoms with E-state index in [1.807, 2.05) is 24.3 Å². The maximum Gasteiger partial charge on any atom is 0.163 e. The summed E-state index contributed by atoms with van der Waals surface area (Å²) in [6.45, 7) is 6.38. The zero-order valence-corrected chi connectivity index (χ0v) is 10.2. The van der Waals surface area contributed by atoms with Crippen LogP contribution in [0.15, 0.2) is 30.9 Å². The normalized spacial score (nSPS) is 16.2. The average Bonchev–Trinajstić information content (AvgIpc) is 2.36. The molecule has 2 heteroatoms. The summed E-state index contributed by atoms with van der Waals surface area (Å²) in [6.07, 6.45) is 4.51. The fourth-order valence-corrected chi connectivity index (χ4v) is 1.99. The van der Waals surface area contributed by atoms with Crippen LogP contribution in [0.4, 0.5) is 0 Å². The van der Waals surface area contributed by atoms with Crippen LogP contribution in [0.3, 0.4) is 0 Å². The van der Waals surface area contributed by atoms with Gasteiger partial charge >= 0.3 is 0 Å². The van der Waals surface area contributed by atoms with Gasteiger partial charge in [-0.25, -0.2) is 0 Å². The van der Waals surface area contributed by atoms with Crippen molar-refractivity contribution in [1.29, 1.82) is 0 Å². The van der Waals surface area contributed by atoms with Crippen LogP contribution >= 0.6 is 0 Å². The minimum Gasteiger partial charge on any atom is -0.493 e. The van der Waals surface area contributed by atoms with Crippen molar-refractivity contribution in [2.24, 2.45) is 5.92 Å². The third kappa shape index (κ3) is 2.76. The van der Waals surface area contributed by atoms with E-state index in [2.05, 4.69) is 13.5 Å². The Morgan fingerprint density at radius 1 is 1.47 bits per heavy atom. The van der Waals surface area contributed by atoms with E-state index in [-0.39, 0.29) is 5.78 Å². The predicted molar refractivity (Wildman–Crippen MR) is 68.6 cm³/mol. The van der Waals surface area contributed by atoms with Crippen molar-refractivity contribution in [3.8, 4) is 5.75 Å². The van der Waals surface area contributed by atoms with Crippen LogP contribution in [0.2, 0.25) is 0 Å². The monoisotopic (exact) mass is 230 g/mol. The number of carbonyl (C=O) groups is 1. The molecule has 1 aromatic rings. The van der Waals surface area contributed by atoms with Gasteiger partial charge in [-0.15, -0.1) is 6.58 Å². The molecule has 2 rings (SSSR count). The first-order valence-electron chi connectivity index (χ1n) is 6.12. The van der Waals surface area contributed by atoms with E-state index in [0.29, 0.717) is 18.9 Å². The van der Waals surface area contributed by atoms with Gasteiger partial charge in [0.05, 0.1) is 6.61 Å². The maximum atomic E-state index is 11.8. The van der Waals surface area contributed by atoms with E-state index in [0.717, 1.165) is 29.7 Å². The van der Waals surface area contributed by atoms with Crippen LogP contribution in [-0.2, 0) is 6.42 Å². The van der Waals surface area contributed by atoms with E-state index in [9.17, 15) is 4.79 Å². The van der Waals surface area contributed by atoms with Crippen molar-refractivity contribution in [2.75, 3.05) is 6.61 Å². The molecule has 0 amide bonds.